The van der Waals surface area contributed by atoms with Crippen molar-refractivity contribution in [2.75, 3.05) is 5.32 Å². The van der Waals surface area contributed by atoms with Crippen molar-refractivity contribution in [3.8, 4) is 16.6 Å². The number of ketones is 1. The van der Waals surface area contributed by atoms with Crippen LogP contribution in [0.4, 0.5) is 5.69 Å². The zero-order chi connectivity index (χ0) is 18.5. The number of hydrogen-bond donors (Lipinski definition) is 1. The average Bonchev–Trinajstić information content (AvgIpc) is 3.15. The Hall–Kier alpha value is -3.01. The Morgan fingerprint density at radius 3 is 2.46 bits per heavy atom. The van der Waals surface area contributed by atoms with Gasteiger partial charge in [-0.25, -0.2) is 4.98 Å². The van der Waals surface area contributed by atoms with Gasteiger partial charge in [0.25, 0.3) is 0 Å². The van der Waals surface area contributed by atoms with Crippen molar-refractivity contribution in [1.82, 2.24) is 4.98 Å². The molecule has 1 heterocycles. The van der Waals surface area contributed by atoms with Crippen LogP contribution in [-0.2, 0) is 4.79 Å². The molecule has 0 aliphatic carbocycles. The fourth-order valence-electron chi connectivity index (χ4n) is 2.23. The Morgan fingerprint density at radius 1 is 1.12 bits per heavy atom. The van der Waals surface area contributed by atoms with Gasteiger partial charge in [0, 0.05) is 21.7 Å². The Balaban J connectivity index is 1.77. The van der Waals surface area contributed by atoms with E-state index in [1.54, 1.807) is 35.7 Å². The van der Waals surface area contributed by atoms with Crippen LogP contribution in [0.3, 0.4) is 0 Å². The molecule has 1 atom stereocenters. The van der Waals surface area contributed by atoms with Gasteiger partial charge in [-0.2, -0.15) is 5.26 Å². The molecule has 0 bridgehead atoms. The number of carbonyl (C=O) groups excluding carboxylic acids is 2. The lowest BCUT2D eigenvalue weighted by atomic mass is 10.0. The van der Waals surface area contributed by atoms with Crippen LogP contribution in [0.15, 0.2) is 60.0 Å². The summed E-state index contributed by atoms with van der Waals surface area (Å²) in [6, 6.07) is 17.5. The number of Topliss-reactive ketones (excluding diaryl/α,β-unsaturated/α-hetero) is 1. The summed E-state index contributed by atoms with van der Waals surface area (Å²) in [5, 5.41) is 14.6. The number of halogens is 1. The van der Waals surface area contributed by atoms with Crippen LogP contribution < -0.4 is 5.32 Å². The first kappa shape index (κ1) is 17.8. The van der Waals surface area contributed by atoms with Gasteiger partial charge in [0.15, 0.2) is 5.92 Å². The molecule has 2 aromatic carbocycles. The van der Waals surface area contributed by atoms with Gasteiger partial charge >= 0.3 is 0 Å². The quantitative estimate of drug-likeness (QED) is 0.523. The van der Waals surface area contributed by atoms with Crippen LogP contribution in [0, 0.1) is 17.2 Å². The number of anilines is 1. The monoisotopic (exact) mass is 381 g/mol. The lowest BCUT2D eigenvalue weighted by molar-refractivity contribution is -0.117. The summed E-state index contributed by atoms with van der Waals surface area (Å²) in [5.41, 5.74) is 1.43. The van der Waals surface area contributed by atoms with Crippen molar-refractivity contribution in [2.45, 2.75) is 0 Å². The summed E-state index contributed by atoms with van der Waals surface area (Å²) in [5.74, 6) is -2.80. The number of nitrogens with one attached hydrogen (secondary N) is 1. The van der Waals surface area contributed by atoms with Crippen LogP contribution in [0.1, 0.15) is 10.5 Å². The number of thiazole rings is 1. The standard InChI is InChI=1S/C19H12ClN3O2S/c20-13-6-8-14(9-7-13)22-18(25)15(10-21)17(24)16-11-26-19(23-16)12-4-2-1-3-5-12/h1-9,11,15H,(H,22,25). The van der Waals surface area contributed by atoms with Crippen LogP contribution >= 0.6 is 22.9 Å². The number of nitrogens with zero attached hydrogens (tertiary/aromatic N) is 2. The summed E-state index contributed by atoms with van der Waals surface area (Å²) in [7, 11) is 0. The minimum absolute atomic E-state index is 0.103. The first-order valence-electron chi connectivity index (χ1n) is 7.59. The minimum Gasteiger partial charge on any atom is -0.325 e. The lowest BCUT2D eigenvalue weighted by Crippen LogP contribution is -2.28. The van der Waals surface area contributed by atoms with Gasteiger partial charge in [0.2, 0.25) is 11.7 Å². The van der Waals surface area contributed by atoms with Crippen LogP contribution in [-0.4, -0.2) is 16.7 Å². The number of benzene rings is 2. The molecule has 128 valence electrons. The normalized spacial score (nSPS) is 11.4. The maximum Gasteiger partial charge on any atom is 0.249 e. The molecule has 1 amide bonds. The molecule has 3 rings (SSSR count). The molecule has 0 radical (unpaired) electrons. The van der Waals surface area contributed by atoms with Gasteiger partial charge in [-0.1, -0.05) is 41.9 Å². The van der Waals surface area contributed by atoms with Crippen molar-refractivity contribution in [2.24, 2.45) is 5.92 Å². The van der Waals surface area contributed by atoms with Gasteiger partial charge < -0.3 is 5.32 Å². The summed E-state index contributed by atoms with van der Waals surface area (Å²) in [6.07, 6.45) is 0. The van der Waals surface area contributed by atoms with Gasteiger partial charge in [0.05, 0.1) is 6.07 Å². The maximum atomic E-state index is 12.5. The van der Waals surface area contributed by atoms with E-state index < -0.39 is 17.6 Å². The smallest absolute Gasteiger partial charge is 0.249 e. The third-order valence-corrected chi connectivity index (χ3v) is 4.69. The highest BCUT2D eigenvalue weighted by Gasteiger charge is 2.29. The molecule has 0 saturated carbocycles. The highest BCUT2D eigenvalue weighted by atomic mass is 35.5. The van der Waals surface area contributed by atoms with Gasteiger partial charge in [-0.3, -0.25) is 9.59 Å². The number of hydrogen-bond acceptors (Lipinski definition) is 5. The molecule has 0 saturated heterocycles. The number of aromatic nitrogens is 1. The first-order chi connectivity index (χ1) is 12.6. The van der Waals surface area contributed by atoms with Gasteiger partial charge in [0.1, 0.15) is 10.7 Å². The predicted octanol–water partition coefficient (Wildman–Crippen LogP) is 4.42. The number of nitriles is 1. The Bertz CT molecular complexity index is 978. The zero-order valence-corrected chi connectivity index (χ0v) is 14.9. The third-order valence-electron chi connectivity index (χ3n) is 3.54. The molecular formula is C19H12ClN3O2S. The average molecular weight is 382 g/mol. The molecule has 1 aromatic heterocycles. The molecule has 7 heteroatoms. The predicted molar refractivity (Wildman–Crippen MR) is 101 cm³/mol. The van der Waals surface area contributed by atoms with Crippen LogP contribution in [0.2, 0.25) is 5.02 Å². The van der Waals surface area contributed by atoms with E-state index in [2.05, 4.69) is 10.3 Å². The molecule has 1 N–H and O–H groups in total. The van der Waals surface area contributed by atoms with E-state index in [0.717, 1.165) is 5.56 Å². The molecule has 3 aromatic rings. The van der Waals surface area contributed by atoms with E-state index in [9.17, 15) is 14.9 Å². The molecule has 0 aliphatic heterocycles. The Kier molecular flexibility index (Phi) is 5.42. The Labute approximate surface area is 158 Å². The van der Waals surface area contributed by atoms with Crippen molar-refractivity contribution < 1.29 is 9.59 Å². The highest BCUT2D eigenvalue weighted by Crippen LogP contribution is 2.25. The second kappa shape index (κ2) is 7.91. The summed E-state index contributed by atoms with van der Waals surface area (Å²) in [6.45, 7) is 0. The topological polar surface area (TPSA) is 82.9 Å². The van der Waals surface area contributed by atoms with E-state index in [4.69, 9.17) is 11.6 Å². The zero-order valence-electron chi connectivity index (χ0n) is 13.3. The molecule has 26 heavy (non-hydrogen) atoms. The van der Waals surface area contributed by atoms with Crippen molar-refractivity contribution in [1.29, 1.82) is 5.26 Å². The highest BCUT2D eigenvalue weighted by molar-refractivity contribution is 7.13. The number of rotatable bonds is 5. The Morgan fingerprint density at radius 2 is 1.81 bits per heavy atom. The first-order valence-corrected chi connectivity index (χ1v) is 8.85. The van der Waals surface area contributed by atoms with E-state index in [1.807, 2.05) is 30.3 Å². The fourth-order valence-corrected chi connectivity index (χ4v) is 3.17. The van der Waals surface area contributed by atoms with Crippen LogP contribution in [0.5, 0.6) is 0 Å². The van der Waals surface area contributed by atoms with Gasteiger partial charge in [-0.05, 0) is 24.3 Å². The third kappa shape index (κ3) is 3.97. The molecule has 0 spiro atoms. The van der Waals surface area contributed by atoms with E-state index in [1.165, 1.54) is 11.3 Å². The van der Waals surface area contributed by atoms with Crippen molar-refractivity contribution in [3.63, 3.8) is 0 Å². The molecule has 5 nitrogen and oxygen atoms in total. The van der Waals surface area contributed by atoms with Crippen molar-refractivity contribution in [3.05, 3.63) is 70.7 Å². The van der Waals surface area contributed by atoms with Crippen molar-refractivity contribution >= 4 is 40.3 Å². The minimum atomic E-state index is -1.48. The van der Waals surface area contributed by atoms with Crippen LogP contribution in [0.25, 0.3) is 10.6 Å². The van der Waals surface area contributed by atoms with E-state index in [-0.39, 0.29) is 5.69 Å². The van der Waals surface area contributed by atoms with Gasteiger partial charge in [-0.15, -0.1) is 11.3 Å². The van der Waals surface area contributed by atoms with E-state index >= 15 is 0 Å². The number of amides is 1. The lowest BCUT2D eigenvalue weighted by Gasteiger charge is -2.08. The number of carbonyl (C=O) groups is 2. The SMILES string of the molecule is N#CC(C(=O)Nc1ccc(Cl)cc1)C(=O)c1csc(-c2ccccc2)n1. The fraction of sp³-hybridized carbons (Fsp3) is 0.0526. The van der Waals surface area contributed by atoms with E-state index in [0.29, 0.717) is 15.7 Å². The summed E-state index contributed by atoms with van der Waals surface area (Å²) in [4.78, 5) is 29.1. The second-order valence-corrected chi connectivity index (χ2v) is 6.62. The second-order valence-electron chi connectivity index (χ2n) is 5.33. The molecule has 0 fully saturated rings. The summed E-state index contributed by atoms with van der Waals surface area (Å²) >= 11 is 7.08. The largest absolute Gasteiger partial charge is 0.325 e. The molecule has 0 aliphatic rings. The molecular weight excluding hydrogens is 370 g/mol. The summed E-state index contributed by atoms with van der Waals surface area (Å²) < 4.78 is 0. The maximum absolute atomic E-state index is 12.5. The molecule has 1 unspecified atom stereocenters.